The fraction of sp³-hybridized carbons (Fsp3) is 0.333. The van der Waals surface area contributed by atoms with E-state index in [1.165, 1.54) is 11.3 Å². The van der Waals surface area contributed by atoms with Crippen molar-refractivity contribution < 1.29 is 14.3 Å². The Bertz CT molecular complexity index is 1090. The monoisotopic (exact) mass is 450 g/mol. The summed E-state index contributed by atoms with van der Waals surface area (Å²) in [6.07, 6.45) is 1.85. The molecule has 166 valence electrons. The summed E-state index contributed by atoms with van der Waals surface area (Å²) in [6.45, 7) is 5.66. The van der Waals surface area contributed by atoms with Crippen molar-refractivity contribution in [3.63, 3.8) is 0 Å². The number of amides is 1. The lowest BCUT2D eigenvalue weighted by molar-refractivity contribution is 0.0955. The number of aromatic nitrogens is 1. The van der Waals surface area contributed by atoms with Crippen LogP contribution in [0, 0.1) is 0 Å². The van der Waals surface area contributed by atoms with Gasteiger partial charge in [-0.3, -0.25) is 4.79 Å². The summed E-state index contributed by atoms with van der Waals surface area (Å²) < 4.78 is 11.3. The molecule has 4 heterocycles. The van der Waals surface area contributed by atoms with E-state index in [0.717, 1.165) is 59.5 Å². The minimum atomic E-state index is -0.0815. The summed E-state index contributed by atoms with van der Waals surface area (Å²) in [5, 5.41) is 3.00. The molecule has 0 spiro atoms. The standard InChI is InChI=1S/C24H26N4O3S/c1-27-8-10-28(11-9-27)23-7-2-17(15-25-23)16-26-24(29)22-6-5-21(32-22)18-3-4-19-20(14-18)31-13-12-30-19/h2-7,14-15H,8-13,16H2,1H3,(H,26,29). The predicted molar refractivity (Wildman–Crippen MR) is 126 cm³/mol. The number of hydrogen-bond donors (Lipinski definition) is 1. The molecule has 32 heavy (non-hydrogen) atoms. The fourth-order valence-corrected chi connectivity index (χ4v) is 4.74. The highest BCUT2D eigenvalue weighted by Gasteiger charge is 2.16. The van der Waals surface area contributed by atoms with Crippen molar-refractivity contribution in [2.45, 2.75) is 6.54 Å². The summed E-state index contributed by atoms with van der Waals surface area (Å²) in [6, 6.07) is 13.8. The van der Waals surface area contributed by atoms with Gasteiger partial charge in [0.2, 0.25) is 0 Å². The van der Waals surface area contributed by atoms with Gasteiger partial charge in [0.15, 0.2) is 11.5 Å². The van der Waals surface area contributed by atoms with Crippen molar-refractivity contribution in [3.05, 3.63) is 59.1 Å². The number of likely N-dealkylation sites (N-methyl/N-ethyl adjacent to an activating group) is 1. The van der Waals surface area contributed by atoms with Crippen molar-refractivity contribution in [3.8, 4) is 21.9 Å². The third kappa shape index (κ3) is 4.56. The number of rotatable bonds is 5. The number of carbonyl (C=O) groups is 1. The van der Waals surface area contributed by atoms with Gasteiger partial charge in [-0.1, -0.05) is 6.07 Å². The van der Waals surface area contributed by atoms with E-state index >= 15 is 0 Å². The Hall–Kier alpha value is -3.10. The molecule has 2 aromatic heterocycles. The second-order valence-corrected chi connectivity index (χ2v) is 9.10. The van der Waals surface area contributed by atoms with Crippen LogP contribution in [-0.4, -0.2) is 62.2 Å². The van der Waals surface area contributed by atoms with E-state index in [4.69, 9.17) is 9.47 Å². The van der Waals surface area contributed by atoms with Gasteiger partial charge in [-0.2, -0.15) is 0 Å². The minimum Gasteiger partial charge on any atom is -0.486 e. The van der Waals surface area contributed by atoms with Gasteiger partial charge in [0.05, 0.1) is 4.88 Å². The van der Waals surface area contributed by atoms with Gasteiger partial charge in [0.25, 0.3) is 5.91 Å². The number of carbonyl (C=O) groups excluding carboxylic acids is 1. The molecule has 5 rings (SSSR count). The molecule has 3 aromatic rings. The van der Waals surface area contributed by atoms with Crippen LogP contribution in [0.2, 0.25) is 0 Å². The van der Waals surface area contributed by atoms with Gasteiger partial charge in [-0.15, -0.1) is 11.3 Å². The third-order valence-corrected chi connectivity index (χ3v) is 6.88. The second-order valence-electron chi connectivity index (χ2n) is 8.02. The van der Waals surface area contributed by atoms with Crippen molar-refractivity contribution in [2.24, 2.45) is 0 Å². The Morgan fingerprint density at radius 1 is 1.03 bits per heavy atom. The molecule has 7 nitrogen and oxygen atoms in total. The van der Waals surface area contributed by atoms with Crippen LogP contribution in [0.5, 0.6) is 11.5 Å². The summed E-state index contributed by atoms with van der Waals surface area (Å²) in [4.78, 5) is 23.6. The highest BCUT2D eigenvalue weighted by Crippen LogP contribution is 2.36. The van der Waals surface area contributed by atoms with Crippen LogP contribution < -0.4 is 19.7 Å². The van der Waals surface area contributed by atoms with E-state index in [1.54, 1.807) is 0 Å². The molecule has 0 saturated carbocycles. The Morgan fingerprint density at radius 2 is 1.84 bits per heavy atom. The van der Waals surface area contributed by atoms with E-state index in [0.29, 0.717) is 24.6 Å². The molecule has 1 fully saturated rings. The van der Waals surface area contributed by atoms with E-state index in [-0.39, 0.29) is 5.91 Å². The van der Waals surface area contributed by atoms with Crippen LogP contribution in [0.15, 0.2) is 48.7 Å². The van der Waals surface area contributed by atoms with Crippen LogP contribution >= 0.6 is 11.3 Å². The fourth-order valence-electron chi connectivity index (χ4n) is 3.83. The van der Waals surface area contributed by atoms with Crippen LogP contribution in [0.3, 0.4) is 0 Å². The number of pyridine rings is 1. The predicted octanol–water partition coefficient (Wildman–Crippen LogP) is 3.26. The Labute approximate surface area is 191 Å². The largest absolute Gasteiger partial charge is 0.486 e. The first kappa shape index (κ1) is 20.8. The number of hydrogen-bond acceptors (Lipinski definition) is 7. The number of fused-ring (bicyclic) bond motifs is 1. The van der Waals surface area contributed by atoms with E-state index in [2.05, 4.69) is 27.1 Å². The average molecular weight is 451 g/mol. The quantitative estimate of drug-likeness (QED) is 0.644. The number of benzene rings is 1. The molecule has 1 amide bonds. The van der Waals surface area contributed by atoms with Gasteiger partial charge >= 0.3 is 0 Å². The number of piperazine rings is 1. The van der Waals surface area contributed by atoms with Gasteiger partial charge in [-0.25, -0.2) is 4.98 Å². The molecule has 0 aliphatic carbocycles. The summed E-state index contributed by atoms with van der Waals surface area (Å²) in [5.41, 5.74) is 2.00. The maximum Gasteiger partial charge on any atom is 0.261 e. The minimum absolute atomic E-state index is 0.0815. The zero-order valence-corrected chi connectivity index (χ0v) is 18.9. The number of nitrogens with zero attached hydrogens (tertiary/aromatic N) is 3. The first-order valence-corrected chi connectivity index (χ1v) is 11.6. The summed E-state index contributed by atoms with van der Waals surface area (Å²) in [5.74, 6) is 2.43. The molecule has 1 aromatic carbocycles. The Morgan fingerprint density at radius 3 is 2.62 bits per heavy atom. The number of nitrogens with one attached hydrogen (secondary N) is 1. The maximum absolute atomic E-state index is 12.7. The molecule has 1 N–H and O–H groups in total. The number of thiophene rings is 1. The lowest BCUT2D eigenvalue weighted by Crippen LogP contribution is -2.44. The van der Waals surface area contributed by atoms with Crippen molar-refractivity contribution in [2.75, 3.05) is 51.3 Å². The van der Waals surface area contributed by atoms with Gasteiger partial charge in [-0.05, 0) is 54.6 Å². The maximum atomic E-state index is 12.7. The molecule has 2 aliphatic heterocycles. The number of anilines is 1. The first-order valence-electron chi connectivity index (χ1n) is 10.8. The Balaban J connectivity index is 1.18. The molecule has 8 heteroatoms. The molecule has 1 saturated heterocycles. The lowest BCUT2D eigenvalue weighted by Gasteiger charge is -2.33. The molecule has 0 atom stereocenters. The van der Waals surface area contributed by atoms with E-state index in [9.17, 15) is 4.79 Å². The molecular weight excluding hydrogens is 424 g/mol. The Kier molecular flexibility index (Phi) is 5.96. The normalized spacial score (nSPS) is 16.1. The lowest BCUT2D eigenvalue weighted by atomic mass is 10.1. The third-order valence-electron chi connectivity index (χ3n) is 5.75. The average Bonchev–Trinajstić information content (AvgIpc) is 3.34. The van der Waals surface area contributed by atoms with Crippen LogP contribution in [-0.2, 0) is 6.54 Å². The van der Waals surface area contributed by atoms with E-state index in [1.807, 2.05) is 48.7 Å². The van der Waals surface area contributed by atoms with Crippen molar-refractivity contribution >= 4 is 23.1 Å². The molecule has 2 aliphatic rings. The van der Waals surface area contributed by atoms with Crippen LogP contribution in [0.25, 0.3) is 10.4 Å². The number of ether oxygens (including phenoxy) is 2. The van der Waals surface area contributed by atoms with E-state index < -0.39 is 0 Å². The highest BCUT2D eigenvalue weighted by molar-refractivity contribution is 7.17. The zero-order valence-electron chi connectivity index (χ0n) is 18.0. The summed E-state index contributed by atoms with van der Waals surface area (Å²) >= 11 is 1.47. The van der Waals surface area contributed by atoms with Crippen molar-refractivity contribution in [1.82, 2.24) is 15.2 Å². The SMILES string of the molecule is CN1CCN(c2ccc(CNC(=O)c3ccc(-c4ccc5c(c4)OCCO5)s3)cn2)CC1. The summed E-state index contributed by atoms with van der Waals surface area (Å²) in [7, 11) is 2.14. The van der Waals surface area contributed by atoms with Crippen molar-refractivity contribution in [1.29, 1.82) is 0 Å². The second kappa shape index (κ2) is 9.18. The molecule has 0 bridgehead atoms. The molecule has 0 unspecified atom stereocenters. The molecular formula is C24H26N4O3S. The first-order chi connectivity index (χ1) is 15.7. The highest BCUT2D eigenvalue weighted by atomic mass is 32.1. The smallest absolute Gasteiger partial charge is 0.261 e. The van der Waals surface area contributed by atoms with Crippen LogP contribution in [0.1, 0.15) is 15.2 Å². The molecule has 0 radical (unpaired) electrons. The van der Waals surface area contributed by atoms with Crippen LogP contribution in [0.4, 0.5) is 5.82 Å². The topological polar surface area (TPSA) is 66.9 Å². The zero-order chi connectivity index (χ0) is 21.9. The van der Waals surface area contributed by atoms with Gasteiger partial charge in [0.1, 0.15) is 19.0 Å². The van der Waals surface area contributed by atoms with Gasteiger partial charge < -0.3 is 24.6 Å². The van der Waals surface area contributed by atoms with Gasteiger partial charge in [0, 0.05) is 43.8 Å².